The Bertz CT molecular complexity index is 1080. The molecule has 3 aromatic rings. The molecular weight excluding hydrogens is 357 g/mol. The first-order valence-corrected chi connectivity index (χ1v) is 8.84. The lowest BCUT2D eigenvalue weighted by Gasteiger charge is -2.25. The molecule has 0 fully saturated rings. The number of rotatable bonds is 1. The van der Waals surface area contributed by atoms with E-state index in [9.17, 15) is 9.59 Å². The molecule has 0 aliphatic heterocycles. The van der Waals surface area contributed by atoms with Gasteiger partial charge in [0.25, 0.3) is 0 Å². The highest BCUT2D eigenvalue weighted by Gasteiger charge is 2.31. The summed E-state index contributed by atoms with van der Waals surface area (Å²) in [5, 5.41) is 1.71. The number of pyridine rings is 1. The van der Waals surface area contributed by atoms with Crippen LogP contribution in [0.4, 0.5) is 0 Å². The predicted molar refractivity (Wildman–Crippen MR) is 101 cm³/mol. The van der Waals surface area contributed by atoms with Crippen LogP contribution >= 0.6 is 23.2 Å². The quantitative estimate of drug-likeness (QED) is 0.649. The molecule has 2 aromatic carbocycles. The van der Waals surface area contributed by atoms with Gasteiger partial charge in [-0.3, -0.25) is 9.59 Å². The van der Waals surface area contributed by atoms with Crippen LogP contribution < -0.4 is 5.43 Å². The van der Waals surface area contributed by atoms with Gasteiger partial charge in [0, 0.05) is 33.1 Å². The standard InChI is InChI=1S/C20H15Cl2NO2/c1-10-3-2-4-15-18(10)20(25)19-16(23-15)7-11(8-17(19)24)13-6-5-12(21)9-14(13)22/h2-6,9,11H,7-8H2,1H3,(H,23,25). The monoisotopic (exact) mass is 371 g/mol. The van der Waals surface area contributed by atoms with Crippen molar-refractivity contribution in [3.63, 3.8) is 0 Å². The number of aromatic nitrogens is 1. The maximum Gasteiger partial charge on any atom is 0.200 e. The number of fused-ring (bicyclic) bond motifs is 2. The second kappa shape index (κ2) is 6.01. The molecule has 3 nitrogen and oxygen atoms in total. The number of H-pyrrole nitrogens is 1. The fourth-order valence-corrected chi connectivity index (χ4v) is 4.27. The first-order valence-electron chi connectivity index (χ1n) is 8.08. The molecule has 4 rings (SSSR count). The van der Waals surface area contributed by atoms with E-state index in [2.05, 4.69) is 4.98 Å². The zero-order valence-electron chi connectivity index (χ0n) is 13.5. The van der Waals surface area contributed by atoms with Crippen LogP contribution in [0.15, 0.2) is 41.2 Å². The van der Waals surface area contributed by atoms with Gasteiger partial charge >= 0.3 is 0 Å². The number of halogens is 2. The van der Waals surface area contributed by atoms with Gasteiger partial charge in [0.05, 0.1) is 5.56 Å². The van der Waals surface area contributed by atoms with Crippen molar-refractivity contribution in [1.82, 2.24) is 4.98 Å². The van der Waals surface area contributed by atoms with E-state index < -0.39 is 0 Å². The van der Waals surface area contributed by atoms with Crippen molar-refractivity contribution < 1.29 is 4.79 Å². The number of carbonyl (C=O) groups is 1. The molecule has 0 spiro atoms. The fourth-order valence-electron chi connectivity index (χ4n) is 3.71. The van der Waals surface area contributed by atoms with Crippen LogP contribution in [0.25, 0.3) is 10.9 Å². The van der Waals surface area contributed by atoms with Crippen LogP contribution in [-0.4, -0.2) is 10.8 Å². The molecule has 1 aliphatic carbocycles. The average Bonchev–Trinajstić information content (AvgIpc) is 2.54. The lowest BCUT2D eigenvalue weighted by atomic mass is 9.81. The maximum absolute atomic E-state index is 12.9. The molecule has 0 amide bonds. The van der Waals surface area contributed by atoms with E-state index >= 15 is 0 Å². The molecular formula is C20H15Cl2NO2. The minimum Gasteiger partial charge on any atom is -0.358 e. The highest BCUT2D eigenvalue weighted by molar-refractivity contribution is 6.35. The Morgan fingerprint density at radius 1 is 1.08 bits per heavy atom. The molecule has 25 heavy (non-hydrogen) atoms. The Labute approximate surface area is 154 Å². The van der Waals surface area contributed by atoms with Crippen molar-refractivity contribution in [1.29, 1.82) is 0 Å². The van der Waals surface area contributed by atoms with Crippen molar-refractivity contribution in [3.05, 3.63) is 79.1 Å². The number of aromatic amines is 1. The Hall–Kier alpha value is -2.10. The summed E-state index contributed by atoms with van der Waals surface area (Å²) in [5.74, 6) is -0.202. The molecule has 1 heterocycles. The number of benzene rings is 2. The van der Waals surface area contributed by atoms with Gasteiger partial charge in [-0.05, 0) is 48.6 Å². The maximum atomic E-state index is 12.9. The van der Waals surface area contributed by atoms with Crippen LogP contribution in [0, 0.1) is 6.92 Å². The summed E-state index contributed by atoms with van der Waals surface area (Å²) in [6.07, 6.45) is 0.844. The molecule has 1 unspecified atom stereocenters. The van der Waals surface area contributed by atoms with Crippen LogP contribution in [0.3, 0.4) is 0 Å². The Morgan fingerprint density at radius 3 is 2.64 bits per heavy atom. The molecule has 0 radical (unpaired) electrons. The van der Waals surface area contributed by atoms with Crippen LogP contribution in [-0.2, 0) is 6.42 Å². The van der Waals surface area contributed by atoms with Crippen molar-refractivity contribution in [2.45, 2.75) is 25.7 Å². The first-order chi connectivity index (χ1) is 12.0. The van der Waals surface area contributed by atoms with E-state index in [0.29, 0.717) is 33.1 Å². The lowest BCUT2D eigenvalue weighted by molar-refractivity contribution is 0.0962. The summed E-state index contributed by atoms with van der Waals surface area (Å²) in [5.41, 5.74) is 3.33. The molecule has 1 atom stereocenters. The normalized spacial score (nSPS) is 16.9. The van der Waals surface area contributed by atoms with Gasteiger partial charge in [0.15, 0.2) is 5.78 Å². The third kappa shape index (κ3) is 2.68. The molecule has 0 bridgehead atoms. The smallest absolute Gasteiger partial charge is 0.200 e. The second-order valence-electron chi connectivity index (χ2n) is 6.50. The molecule has 0 saturated carbocycles. The van der Waals surface area contributed by atoms with Crippen LogP contribution in [0.2, 0.25) is 10.0 Å². The third-order valence-electron chi connectivity index (χ3n) is 4.88. The first kappa shape index (κ1) is 16.4. The minimum atomic E-state index is -0.174. The summed E-state index contributed by atoms with van der Waals surface area (Å²) < 4.78 is 0. The topological polar surface area (TPSA) is 49.9 Å². The highest BCUT2D eigenvalue weighted by atomic mass is 35.5. The number of ketones is 1. The summed E-state index contributed by atoms with van der Waals surface area (Å²) in [6, 6.07) is 11.0. The molecule has 1 aliphatic rings. The van der Waals surface area contributed by atoms with E-state index in [1.165, 1.54) is 0 Å². The van der Waals surface area contributed by atoms with Crippen LogP contribution in [0.1, 0.15) is 39.5 Å². The van der Waals surface area contributed by atoms with E-state index in [1.54, 1.807) is 12.1 Å². The van der Waals surface area contributed by atoms with E-state index in [-0.39, 0.29) is 23.6 Å². The number of Topliss-reactive ketones (excluding diaryl/α,β-unsaturated/α-hetero) is 1. The lowest BCUT2D eigenvalue weighted by Crippen LogP contribution is -2.28. The molecule has 126 valence electrons. The number of aryl methyl sites for hydroxylation is 1. The van der Waals surface area contributed by atoms with Crippen molar-refractivity contribution in [2.24, 2.45) is 0 Å². The number of carbonyl (C=O) groups excluding carboxylic acids is 1. The van der Waals surface area contributed by atoms with Gasteiger partial charge < -0.3 is 4.98 Å². The summed E-state index contributed by atoms with van der Waals surface area (Å²) in [4.78, 5) is 28.9. The van der Waals surface area contributed by atoms with Gasteiger partial charge in [-0.1, -0.05) is 41.4 Å². The average molecular weight is 372 g/mol. The van der Waals surface area contributed by atoms with Gasteiger partial charge in [-0.15, -0.1) is 0 Å². The fraction of sp³-hybridized carbons (Fsp3) is 0.200. The predicted octanol–water partition coefficient (Wildman–Crippen LogP) is 5.06. The van der Waals surface area contributed by atoms with Crippen molar-refractivity contribution in [3.8, 4) is 0 Å². The Morgan fingerprint density at radius 2 is 1.88 bits per heavy atom. The van der Waals surface area contributed by atoms with E-state index in [1.807, 2.05) is 31.2 Å². The number of hydrogen-bond acceptors (Lipinski definition) is 2. The second-order valence-corrected chi connectivity index (χ2v) is 7.34. The van der Waals surface area contributed by atoms with Crippen molar-refractivity contribution >= 4 is 39.9 Å². The van der Waals surface area contributed by atoms with Crippen molar-refractivity contribution in [2.75, 3.05) is 0 Å². The molecule has 1 aromatic heterocycles. The number of hydrogen-bond donors (Lipinski definition) is 1. The van der Waals surface area contributed by atoms with E-state index in [0.717, 1.165) is 16.6 Å². The van der Waals surface area contributed by atoms with Gasteiger partial charge in [0.2, 0.25) is 5.43 Å². The zero-order valence-corrected chi connectivity index (χ0v) is 15.0. The third-order valence-corrected chi connectivity index (χ3v) is 5.44. The summed E-state index contributed by atoms with van der Waals surface area (Å²) in [7, 11) is 0. The molecule has 0 saturated heterocycles. The van der Waals surface area contributed by atoms with Gasteiger partial charge in [0.1, 0.15) is 0 Å². The minimum absolute atomic E-state index is 0.0670. The van der Waals surface area contributed by atoms with Gasteiger partial charge in [-0.25, -0.2) is 0 Å². The zero-order chi connectivity index (χ0) is 17.7. The SMILES string of the molecule is Cc1cccc2[nH]c3c(c(=O)c12)C(=O)CC(c1ccc(Cl)cc1Cl)C3. The Kier molecular flexibility index (Phi) is 3.94. The summed E-state index contributed by atoms with van der Waals surface area (Å²) in [6.45, 7) is 1.88. The summed E-state index contributed by atoms with van der Waals surface area (Å²) >= 11 is 12.3. The Balaban J connectivity index is 1.87. The number of nitrogens with one attached hydrogen (secondary N) is 1. The highest BCUT2D eigenvalue weighted by Crippen LogP contribution is 2.36. The van der Waals surface area contributed by atoms with Gasteiger partial charge in [-0.2, -0.15) is 0 Å². The largest absolute Gasteiger partial charge is 0.358 e. The molecule has 1 N–H and O–H groups in total. The van der Waals surface area contributed by atoms with E-state index in [4.69, 9.17) is 23.2 Å². The van der Waals surface area contributed by atoms with Crippen LogP contribution in [0.5, 0.6) is 0 Å². The molecule has 5 heteroatoms.